The van der Waals surface area contributed by atoms with Crippen LogP contribution in [-0.2, 0) is 0 Å². The third-order valence-corrected chi connectivity index (χ3v) is 2.65. The first kappa shape index (κ1) is 12.1. The van der Waals surface area contributed by atoms with Gasteiger partial charge in [-0.05, 0) is 24.1 Å². The van der Waals surface area contributed by atoms with E-state index in [0.717, 1.165) is 17.5 Å². The summed E-state index contributed by atoms with van der Waals surface area (Å²) < 4.78 is 0. The molecule has 2 nitrogen and oxygen atoms in total. The Balaban J connectivity index is 2.37. The fraction of sp³-hybridized carbons (Fsp3) is 0.0625. The molecule has 1 aromatic carbocycles. The maximum absolute atomic E-state index is 11.0. The van der Waals surface area contributed by atoms with Gasteiger partial charge in [-0.1, -0.05) is 54.6 Å². The summed E-state index contributed by atoms with van der Waals surface area (Å²) >= 11 is 0. The van der Waals surface area contributed by atoms with Crippen LogP contribution in [0.5, 0.6) is 0 Å². The minimum absolute atomic E-state index is 0.604. The van der Waals surface area contributed by atoms with Gasteiger partial charge in [-0.25, -0.2) is 4.99 Å². The van der Waals surface area contributed by atoms with Crippen LogP contribution < -0.4 is 5.11 Å². The summed E-state index contributed by atoms with van der Waals surface area (Å²) in [4.78, 5) is 4.55. The van der Waals surface area contributed by atoms with Crippen LogP contribution in [-0.4, -0.2) is 5.71 Å². The monoisotopic (exact) mass is 236 g/mol. The summed E-state index contributed by atoms with van der Waals surface area (Å²) in [6.07, 6.45) is 10.1. The fourth-order valence-electron chi connectivity index (χ4n) is 1.72. The van der Waals surface area contributed by atoms with Crippen molar-refractivity contribution in [3.8, 4) is 0 Å². The van der Waals surface area contributed by atoms with E-state index >= 15 is 0 Å². The van der Waals surface area contributed by atoms with Crippen molar-refractivity contribution in [3.05, 3.63) is 78.1 Å². The molecular weight excluding hydrogens is 222 g/mol. The lowest BCUT2D eigenvalue weighted by Gasteiger charge is -2.10. The van der Waals surface area contributed by atoms with E-state index in [0.29, 0.717) is 11.3 Å². The molecule has 1 aromatic rings. The molecule has 0 unspecified atom stereocenters. The van der Waals surface area contributed by atoms with E-state index < -0.39 is 0 Å². The van der Waals surface area contributed by atoms with Crippen molar-refractivity contribution < 1.29 is 5.11 Å². The summed E-state index contributed by atoms with van der Waals surface area (Å²) in [5.74, 6) is 0. The van der Waals surface area contributed by atoms with Gasteiger partial charge >= 0.3 is 0 Å². The van der Waals surface area contributed by atoms with Crippen molar-refractivity contribution in [2.45, 2.75) is 6.92 Å². The molecule has 0 atom stereocenters. The van der Waals surface area contributed by atoms with Crippen LogP contribution in [0.15, 0.2) is 77.5 Å². The van der Waals surface area contributed by atoms with E-state index in [9.17, 15) is 5.11 Å². The van der Waals surface area contributed by atoms with Crippen molar-refractivity contribution in [2.75, 3.05) is 0 Å². The number of hydrogen-bond donors (Lipinski definition) is 0. The molecule has 1 aliphatic carbocycles. The minimum atomic E-state index is 0.604. The Morgan fingerprint density at radius 3 is 2.50 bits per heavy atom. The van der Waals surface area contributed by atoms with Gasteiger partial charge in [0.2, 0.25) is 0 Å². The Kier molecular flexibility index (Phi) is 3.92. The highest BCUT2D eigenvalue weighted by Gasteiger charge is 2.04. The number of allylic oxidation sites excluding steroid dienone is 6. The lowest BCUT2D eigenvalue weighted by Crippen LogP contribution is -2.04. The zero-order chi connectivity index (χ0) is 12.8. The summed E-state index contributed by atoms with van der Waals surface area (Å²) in [7, 11) is 0. The Hall–Kier alpha value is -2.35. The van der Waals surface area contributed by atoms with E-state index in [2.05, 4.69) is 4.99 Å². The van der Waals surface area contributed by atoms with Gasteiger partial charge in [0.25, 0.3) is 0 Å². The van der Waals surface area contributed by atoms with Gasteiger partial charge in [-0.2, -0.15) is 0 Å². The predicted molar refractivity (Wildman–Crippen MR) is 73.9 cm³/mol. The molecule has 0 amide bonds. The molecule has 0 aliphatic heterocycles. The molecule has 0 bridgehead atoms. The molecule has 2 heteroatoms. The van der Waals surface area contributed by atoms with E-state index in [1.807, 2.05) is 61.6 Å². The minimum Gasteiger partial charge on any atom is -0.877 e. The first-order chi connectivity index (χ1) is 8.85. The Bertz CT molecular complexity index is 560. The maximum atomic E-state index is 11.0. The molecule has 0 fully saturated rings. The maximum Gasteiger partial charge on any atom is 0.0697 e. The van der Waals surface area contributed by atoms with Crippen LogP contribution in [0.2, 0.25) is 0 Å². The molecule has 0 aromatic heterocycles. The average molecular weight is 236 g/mol. The molecular formula is C16H14NO-. The second-order valence-corrected chi connectivity index (χ2v) is 3.83. The molecule has 90 valence electrons. The highest BCUT2D eigenvalue weighted by atomic mass is 16.2. The van der Waals surface area contributed by atoms with E-state index in [1.54, 1.807) is 6.08 Å². The smallest absolute Gasteiger partial charge is 0.0697 e. The fourth-order valence-corrected chi connectivity index (χ4v) is 1.72. The van der Waals surface area contributed by atoms with Gasteiger partial charge in [0.1, 0.15) is 0 Å². The van der Waals surface area contributed by atoms with E-state index in [1.165, 1.54) is 0 Å². The van der Waals surface area contributed by atoms with Gasteiger partial charge in [-0.15, -0.1) is 6.26 Å². The van der Waals surface area contributed by atoms with Gasteiger partial charge in [0, 0.05) is 0 Å². The lowest BCUT2D eigenvalue weighted by atomic mass is 10.1. The zero-order valence-electron chi connectivity index (χ0n) is 10.2. The standard InChI is InChI=1S/C16H15NO/c1-2-15(13-8-4-3-5-9-13)17-16-11-7-6-10-14(16)12-18/h2-12,18H,1H3/p-1/b14-12+,15-2+,17-16-. The summed E-state index contributed by atoms with van der Waals surface area (Å²) in [6, 6.07) is 9.92. The number of hydrogen-bond acceptors (Lipinski definition) is 2. The van der Waals surface area contributed by atoms with Crippen molar-refractivity contribution >= 4 is 11.4 Å². The molecule has 18 heavy (non-hydrogen) atoms. The van der Waals surface area contributed by atoms with Crippen LogP contribution in [0.4, 0.5) is 0 Å². The van der Waals surface area contributed by atoms with Gasteiger partial charge in [0.15, 0.2) is 0 Å². The Labute approximate surface area is 107 Å². The van der Waals surface area contributed by atoms with Crippen molar-refractivity contribution in [2.24, 2.45) is 4.99 Å². The summed E-state index contributed by atoms with van der Waals surface area (Å²) in [5, 5.41) is 11.0. The number of benzene rings is 1. The van der Waals surface area contributed by atoms with Crippen molar-refractivity contribution in [3.63, 3.8) is 0 Å². The quantitative estimate of drug-likeness (QED) is 0.727. The summed E-state index contributed by atoms with van der Waals surface area (Å²) in [5.41, 5.74) is 3.21. The molecule has 0 saturated heterocycles. The van der Waals surface area contributed by atoms with Gasteiger partial charge < -0.3 is 5.11 Å². The second-order valence-electron chi connectivity index (χ2n) is 3.83. The van der Waals surface area contributed by atoms with Crippen molar-refractivity contribution in [1.29, 1.82) is 0 Å². The van der Waals surface area contributed by atoms with Crippen LogP contribution in [0.25, 0.3) is 5.70 Å². The number of aliphatic imine (C=N–C) groups is 1. The molecule has 0 saturated carbocycles. The third kappa shape index (κ3) is 2.66. The molecule has 0 spiro atoms. The average Bonchev–Trinajstić information content (AvgIpc) is 2.46. The highest BCUT2D eigenvalue weighted by molar-refractivity contribution is 6.13. The van der Waals surface area contributed by atoms with Crippen LogP contribution in [0, 0.1) is 0 Å². The number of nitrogens with zero attached hydrogens (tertiary/aromatic N) is 1. The topological polar surface area (TPSA) is 35.4 Å². The zero-order valence-corrected chi connectivity index (χ0v) is 10.2. The van der Waals surface area contributed by atoms with E-state index in [4.69, 9.17) is 0 Å². The molecule has 0 heterocycles. The third-order valence-electron chi connectivity index (χ3n) is 2.65. The predicted octanol–water partition coefficient (Wildman–Crippen LogP) is 2.86. The first-order valence-corrected chi connectivity index (χ1v) is 5.83. The molecule has 0 radical (unpaired) electrons. The largest absolute Gasteiger partial charge is 0.877 e. The summed E-state index contributed by atoms with van der Waals surface area (Å²) in [6.45, 7) is 1.94. The lowest BCUT2D eigenvalue weighted by molar-refractivity contribution is -0.275. The first-order valence-electron chi connectivity index (χ1n) is 5.83. The van der Waals surface area contributed by atoms with Crippen molar-refractivity contribution in [1.82, 2.24) is 0 Å². The van der Waals surface area contributed by atoms with Gasteiger partial charge in [0.05, 0.1) is 11.4 Å². The Morgan fingerprint density at radius 1 is 1.11 bits per heavy atom. The molecule has 1 aliphatic rings. The van der Waals surface area contributed by atoms with E-state index in [-0.39, 0.29) is 0 Å². The molecule has 0 N–H and O–H groups in total. The second kappa shape index (κ2) is 5.82. The van der Waals surface area contributed by atoms with Gasteiger partial charge in [-0.3, -0.25) is 0 Å². The highest BCUT2D eigenvalue weighted by Crippen LogP contribution is 2.18. The van der Waals surface area contributed by atoms with Crippen LogP contribution in [0.3, 0.4) is 0 Å². The van der Waals surface area contributed by atoms with Crippen LogP contribution >= 0.6 is 0 Å². The van der Waals surface area contributed by atoms with Crippen LogP contribution in [0.1, 0.15) is 12.5 Å². The molecule has 2 rings (SSSR count). The SMILES string of the molecule is C/C=C(/N=C1/C=CC=C/C1=C\[O-])c1ccccc1. The number of rotatable bonds is 2. The normalized spacial score (nSPS) is 19.7. The Morgan fingerprint density at radius 2 is 1.83 bits per heavy atom.